The number of rotatable bonds is 1. The summed E-state index contributed by atoms with van der Waals surface area (Å²) < 4.78 is 8.62. The van der Waals surface area contributed by atoms with Crippen LogP contribution in [0.5, 0.6) is 0 Å². The first-order valence-corrected chi connectivity index (χ1v) is 10.6. The first-order chi connectivity index (χ1) is 15.3. The van der Waals surface area contributed by atoms with Crippen LogP contribution in [0.3, 0.4) is 0 Å². The predicted octanol–water partition coefficient (Wildman–Crippen LogP) is 8.14. The Bertz CT molecular complexity index is 1800. The van der Waals surface area contributed by atoms with Crippen LogP contribution in [0.15, 0.2) is 101 Å². The number of benzene rings is 5. The quantitative estimate of drug-likeness (QED) is 0.273. The maximum atomic E-state index is 6.23. The van der Waals surface area contributed by atoms with E-state index in [2.05, 4.69) is 96.4 Å². The molecule has 7 rings (SSSR count). The Kier molecular flexibility index (Phi) is 3.23. The van der Waals surface area contributed by atoms with E-state index in [0.29, 0.717) is 0 Å². The highest BCUT2D eigenvalue weighted by molar-refractivity contribution is 6.14. The smallest absolute Gasteiger partial charge is 0.137 e. The molecule has 0 N–H and O–H groups in total. The van der Waals surface area contributed by atoms with Crippen LogP contribution >= 0.6 is 0 Å². The number of fused-ring (bicyclic) bond motifs is 7. The van der Waals surface area contributed by atoms with E-state index in [0.717, 1.165) is 16.9 Å². The van der Waals surface area contributed by atoms with Gasteiger partial charge in [-0.3, -0.25) is 0 Å². The third-order valence-corrected chi connectivity index (χ3v) is 6.48. The summed E-state index contributed by atoms with van der Waals surface area (Å²) >= 11 is 0. The van der Waals surface area contributed by atoms with Crippen LogP contribution in [0.4, 0.5) is 0 Å². The van der Waals surface area contributed by atoms with E-state index in [1.165, 1.54) is 48.9 Å². The second-order valence-corrected chi connectivity index (χ2v) is 8.30. The average molecular weight is 397 g/mol. The van der Waals surface area contributed by atoms with Gasteiger partial charge in [-0.1, -0.05) is 60.7 Å². The summed E-state index contributed by atoms with van der Waals surface area (Å²) in [7, 11) is 0. The molecule has 0 radical (unpaired) electrons. The summed E-state index contributed by atoms with van der Waals surface area (Å²) in [5.41, 5.74) is 6.68. The van der Waals surface area contributed by atoms with Crippen molar-refractivity contribution < 1.29 is 4.42 Å². The van der Waals surface area contributed by atoms with Gasteiger partial charge in [-0.05, 0) is 53.6 Å². The minimum Gasteiger partial charge on any atom is -0.456 e. The normalized spacial score (nSPS) is 12.0. The highest BCUT2D eigenvalue weighted by atomic mass is 16.3. The van der Waals surface area contributed by atoms with Crippen molar-refractivity contribution in [2.75, 3.05) is 0 Å². The summed E-state index contributed by atoms with van der Waals surface area (Å²) in [6, 6.07) is 34.6. The molecule has 0 amide bonds. The topological polar surface area (TPSA) is 18.1 Å². The Morgan fingerprint density at radius 1 is 0.548 bits per heavy atom. The van der Waals surface area contributed by atoms with Gasteiger partial charge in [-0.15, -0.1) is 0 Å². The van der Waals surface area contributed by atoms with Crippen LogP contribution in [0.1, 0.15) is 5.56 Å². The fourth-order valence-electron chi connectivity index (χ4n) is 5.02. The summed E-state index contributed by atoms with van der Waals surface area (Å²) in [5, 5.41) is 7.40. The monoisotopic (exact) mass is 397 g/mol. The molecule has 0 bridgehead atoms. The number of nitrogens with zero attached hydrogens (tertiary/aromatic N) is 1. The fourth-order valence-corrected chi connectivity index (χ4v) is 5.02. The van der Waals surface area contributed by atoms with Crippen LogP contribution in [0, 0.1) is 6.92 Å². The number of aryl methyl sites for hydroxylation is 1. The van der Waals surface area contributed by atoms with Gasteiger partial charge in [0.05, 0.1) is 16.7 Å². The fraction of sp³-hybridized carbons (Fsp3) is 0.0345. The lowest BCUT2D eigenvalue weighted by Crippen LogP contribution is -1.97. The van der Waals surface area contributed by atoms with Crippen molar-refractivity contribution in [2.45, 2.75) is 6.92 Å². The third-order valence-electron chi connectivity index (χ3n) is 6.48. The van der Waals surface area contributed by atoms with Crippen molar-refractivity contribution in [3.05, 3.63) is 103 Å². The molecule has 5 aromatic carbocycles. The summed E-state index contributed by atoms with van der Waals surface area (Å²) in [6.07, 6.45) is 0. The highest BCUT2D eigenvalue weighted by Gasteiger charge is 2.16. The molecule has 0 saturated heterocycles. The largest absolute Gasteiger partial charge is 0.456 e. The maximum Gasteiger partial charge on any atom is 0.137 e. The van der Waals surface area contributed by atoms with Crippen molar-refractivity contribution in [3.63, 3.8) is 0 Å². The first-order valence-electron chi connectivity index (χ1n) is 10.6. The van der Waals surface area contributed by atoms with E-state index >= 15 is 0 Å². The molecule has 0 atom stereocenters. The molecule has 0 spiro atoms. The molecule has 2 aromatic heterocycles. The van der Waals surface area contributed by atoms with Gasteiger partial charge in [-0.2, -0.15) is 0 Å². The second-order valence-electron chi connectivity index (χ2n) is 8.30. The van der Waals surface area contributed by atoms with Crippen molar-refractivity contribution in [1.29, 1.82) is 0 Å². The van der Waals surface area contributed by atoms with Crippen molar-refractivity contribution in [2.24, 2.45) is 0 Å². The summed E-state index contributed by atoms with van der Waals surface area (Å²) in [6.45, 7) is 2.19. The molecule has 2 nitrogen and oxygen atoms in total. The zero-order chi connectivity index (χ0) is 20.5. The van der Waals surface area contributed by atoms with Crippen LogP contribution in [-0.2, 0) is 0 Å². The van der Waals surface area contributed by atoms with Gasteiger partial charge >= 0.3 is 0 Å². The molecule has 0 fully saturated rings. The minimum absolute atomic E-state index is 0.925. The Hall–Kier alpha value is -4.04. The van der Waals surface area contributed by atoms with Gasteiger partial charge in [0, 0.05) is 27.6 Å². The summed E-state index contributed by atoms with van der Waals surface area (Å²) in [4.78, 5) is 0. The highest BCUT2D eigenvalue weighted by Crippen LogP contribution is 2.38. The van der Waals surface area contributed by atoms with Gasteiger partial charge in [0.25, 0.3) is 0 Å². The van der Waals surface area contributed by atoms with Gasteiger partial charge in [0.15, 0.2) is 0 Å². The SMILES string of the molecule is Cc1cc2c(cc1-n1c3ccccc3c3cc4ccccc4cc31)oc1ccccc12. The zero-order valence-corrected chi connectivity index (χ0v) is 17.1. The van der Waals surface area contributed by atoms with Crippen LogP contribution < -0.4 is 0 Å². The first kappa shape index (κ1) is 16.7. The van der Waals surface area contributed by atoms with Crippen molar-refractivity contribution >= 4 is 54.5 Å². The van der Waals surface area contributed by atoms with Crippen LogP contribution in [-0.4, -0.2) is 4.57 Å². The lowest BCUT2D eigenvalue weighted by molar-refractivity contribution is 0.668. The number of furan rings is 1. The van der Waals surface area contributed by atoms with Crippen molar-refractivity contribution in [3.8, 4) is 5.69 Å². The van der Waals surface area contributed by atoms with E-state index in [-0.39, 0.29) is 0 Å². The molecule has 0 aliphatic rings. The number of hydrogen-bond acceptors (Lipinski definition) is 1. The molecule has 2 heteroatoms. The molecular formula is C29H19NO. The van der Waals surface area contributed by atoms with Crippen LogP contribution in [0.2, 0.25) is 0 Å². The molecule has 146 valence electrons. The van der Waals surface area contributed by atoms with Crippen LogP contribution in [0.25, 0.3) is 60.2 Å². The Labute approximate surface area is 178 Å². The Morgan fingerprint density at radius 3 is 2.13 bits per heavy atom. The van der Waals surface area contributed by atoms with Gasteiger partial charge in [0.2, 0.25) is 0 Å². The minimum atomic E-state index is 0.925. The zero-order valence-electron chi connectivity index (χ0n) is 17.1. The molecular weight excluding hydrogens is 378 g/mol. The molecule has 0 aliphatic heterocycles. The maximum absolute atomic E-state index is 6.23. The number of aromatic nitrogens is 1. The standard InChI is InChI=1S/C29H19NO/c1-18-14-24-22-11-5-7-13-28(22)31-29(24)17-26(18)30-25-12-6-4-10-21(25)23-15-19-8-2-3-9-20(19)16-27(23)30/h2-17H,1H3. The average Bonchev–Trinajstić information content (AvgIpc) is 3.32. The van der Waals surface area contributed by atoms with E-state index in [4.69, 9.17) is 4.42 Å². The number of para-hydroxylation sites is 2. The van der Waals surface area contributed by atoms with Gasteiger partial charge in [0.1, 0.15) is 11.2 Å². The third kappa shape index (κ3) is 2.27. The Balaban J connectivity index is 1.64. The molecule has 7 aromatic rings. The Morgan fingerprint density at radius 2 is 1.26 bits per heavy atom. The molecule has 2 heterocycles. The van der Waals surface area contributed by atoms with E-state index in [1.807, 2.05) is 12.1 Å². The van der Waals surface area contributed by atoms with Gasteiger partial charge < -0.3 is 8.98 Å². The molecule has 0 saturated carbocycles. The lowest BCUT2D eigenvalue weighted by atomic mass is 10.1. The lowest BCUT2D eigenvalue weighted by Gasteiger charge is -2.12. The van der Waals surface area contributed by atoms with E-state index in [9.17, 15) is 0 Å². The van der Waals surface area contributed by atoms with Crippen molar-refractivity contribution in [1.82, 2.24) is 4.57 Å². The second kappa shape index (κ2) is 5.99. The number of hydrogen-bond donors (Lipinski definition) is 0. The predicted molar refractivity (Wildman–Crippen MR) is 130 cm³/mol. The van der Waals surface area contributed by atoms with E-state index in [1.54, 1.807) is 0 Å². The summed E-state index contributed by atoms with van der Waals surface area (Å²) in [5.74, 6) is 0. The van der Waals surface area contributed by atoms with E-state index < -0.39 is 0 Å². The molecule has 0 aliphatic carbocycles. The molecule has 0 unspecified atom stereocenters. The van der Waals surface area contributed by atoms with Gasteiger partial charge in [-0.25, -0.2) is 0 Å². The molecule has 31 heavy (non-hydrogen) atoms.